The van der Waals surface area contributed by atoms with Crippen molar-refractivity contribution in [2.45, 2.75) is 231 Å². The third-order valence-electron chi connectivity index (χ3n) is 20.4. The van der Waals surface area contributed by atoms with Gasteiger partial charge >= 0.3 is 35.2 Å². The SMILES string of the molecule is CCO[Si](OCC)(OCC)C1(SSSSC2(SSSSC3([Si](OCC)(OCC)OCC)CC4CCC3C4)CCCC2(SSSSC2([Si](OCC)(OCC)OCC)CC3CCC2C3)SSSSC2([Si](OCC)(OCC)OCC)CC3CCC2C3)CC2CCC1C2. The van der Waals surface area contributed by atoms with E-state index in [-0.39, 0.29) is 25.6 Å². The fourth-order valence-corrected chi connectivity index (χ4v) is 80.2. The maximum Gasteiger partial charge on any atom is 0.519 e. The number of hydrogen-bond acceptors (Lipinski definition) is 28. The predicted molar refractivity (Wildman–Crippen MR) is 416 cm³/mol. The van der Waals surface area contributed by atoms with Crippen LogP contribution >= 0.6 is 165 Å². The van der Waals surface area contributed by atoms with Crippen molar-refractivity contribution in [2.24, 2.45) is 47.3 Å². The molecule has 9 rings (SSSR count). The molecule has 8 bridgehead atoms. The van der Waals surface area contributed by atoms with Gasteiger partial charge in [-0.15, -0.1) is 0 Å². The second-order valence-corrected chi connectivity index (χ2v) is 63.5. The number of fused-ring (bicyclic) bond motifs is 8. The first-order chi connectivity index (χ1) is 43.2. The molecule has 518 valence electrons. The lowest BCUT2D eigenvalue weighted by molar-refractivity contribution is 0.0494. The first kappa shape index (κ1) is 79.1. The molecule has 0 N–H and O–H groups in total. The van der Waals surface area contributed by atoms with Crippen LogP contribution in [0.25, 0.3) is 0 Å². The molecule has 32 heteroatoms. The summed E-state index contributed by atoms with van der Waals surface area (Å²) in [7, 11) is 20.4. The summed E-state index contributed by atoms with van der Waals surface area (Å²) in [6, 6.07) is 0. The summed E-state index contributed by atoms with van der Waals surface area (Å²) in [5.74, 6) is 4.86. The Morgan fingerprint density at radius 3 is 0.584 bits per heavy atom. The van der Waals surface area contributed by atoms with E-state index < -0.39 is 35.2 Å². The molecule has 0 heterocycles. The molecule has 9 saturated carbocycles. The van der Waals surface area contributed by atoms with E-state index in [1.54, 1.807) is 0 Å². The second-order valence-electron chi connectivity index (χ2n) is 24.9. The molecule has 0 spiro atoms. The Morgan fingerprint density at radius 1 is 0.258 bits per heavy atom. The summed E-state index contributed by atoms with van der Waals surface area (Å²) in [6.45, 7) is 32.7. The van der Waals surface area contributed by atoms with Gasteiger partial charge in [0.25, 0.3) is 0 Å². The molecule has 9 aliphatic carbocycles. The van der Waals surface area contributed by atoms with Crippen LogP contribution in [0, 0.1) is 47.3 Å². The third kappa shape index (κ3) is 16.0. The Bertz CT molecular complexity index is 1820. The predicted octanol–water partition coefficient (Wildman–Crippen LogP) is 21.9. The lowest BCUT2D eigenvalue weighted by Crippen LogP contribution is -2.65. The van der Waals surface area contributed by atoms with E-state index in [2.05, 4.69) is 169 Å². The molecule has 0 aliphatic heterocycles. The first-order valence-corrected chi connectivity index (χ1v) is 59.9. The molecular weight excluding hydrogens is 1500 g/mol. The summed E-state index contributed by atoms with van der Waals surface area (Å²) in [6.07, 6.45) is 22.8. The Hall–Kier alpha value is 5.99. The van der Waals surface area contributed by atoms with Crippen LogP contribution < -0.4 is 0 Å². The molecule has 9 fully saturated rings. The standard InChI is InChI=1S/C57H106O12S16Si4/c1-13-58-86(59-14-2,60-15-3)52(40-44-26-30-48(52)36-44)70-78-82-74-56(75-83-79-71-53(41-45-27-31-49(53)37-45)87(61-16-4,62-17-5)63-18-6)34-25-35-57(56,76-84-80-72-54(42-46-28-32-50(54)38-46)88(64-19-7,65-20-8)66-21-9)77-85-81-73-55(43-47-29-33-51(55)39-47)89(67-22-10,68-23-11)69-24-12/h44-51H,13-43H2,1-12H3. The summed E-state index contributed by atoms with van der Waals surface area (Å²) < 4.78 is 82.0. The van der Waals surface area contributed by atoms with Crippen molar-refractivity contribution in [1.29, 1.82) is 0 Å². The monoisotopic (exact) mass is 1610 g/mol. The molecule has 12 nitrogen and oxygen atoms in total. The number of hydrogen-bond donors (Lipinski definition) is 0. The molecule has 0 aromatic rings. The van der Waals surface area contributed by atoms with Crippen molar-refractivity contribution < 1.29 is 53.1 Å². The first-order valence-electron chi connectivity index (χ1n) is 33.7. The van der Waals surface area contributed by atoms with Crippen molar-refractivity contribution in [3.05, 3.63) is 0 Å². The fourth-order valence-electron chi connectivity index (χ4n) is 17.4. The molecule has 12 atom stereocenters. The molecule has 0 aromatic carbocycles. The minimum Gasteiger partial charge on any atom is -0.373 e. The Morgan fingerprint density at radius 2 is 0.438 bits per heavy atom. The highest BCUT2D eigenvalue weighted by molar-refractivity contribution is 9.31. The molecular formula is C57H106O12S16Si4. The van der Waals surface area contributed by atoms with Crippen LogP contribution in [0.15, 0.2) is 0 Å². The molecule has 0 amide bonds. The van der Waals surface area contributed by atoms with Gasteiger partial charge < -0.3 is 53.1 Å². The molecule has 0 radical (unpaired) electrons. The van der Waals surface area contributed by atoms with E-state index in [0.717, 1.165) is 44.9 Å². The summed E-state index contributed by atoms with van der Waals surface area (Å²) >= 11 is 0. The molecule has 0 saturated heterocycles. The fraction of sp³-hybridized carbons (Fsp3) is 1.00. The highest BCUT2D eigenvalue weighted by Gasteiger charge is 2.74. The second kappa shape index (κ2) is 36.6. The average Bonchev–Trinajstić information content (AvgIpc) is 1.69. The topological polar surface area (TPSA) is 111 Å². The molecule has 9 aliphatic rings. The largest absolute Gasteiger partial charge is 0.519 e. The molecule has 0 aromatic heterocycles. The van der Waals surface area contributed by atoms with E-state index in [1.165, 1.54) is 77.0 Å². The van der Waals surface area contributed by atoms with E-state index in [9.17, 15) is 0 Å². The van der Waals surface area contributed by atoms with Crippen LogP contribution in [0.1, 0.15) is 205 Å². The van der Waals surface area contributed by atoms with Crippen LogP contribution in [-0.2, 0) is 53.1 Å². The van der Waals surface area contributed by atoms with E-state index in [1.807, 2.05) is 78.6 Å². The third-order valence-corrected chi connectivity index (χ3v) is 73.2. The Kier molecular flexibility index (Phi) is 32.5. The lowest BCUT2D eigenvalue weighted by atomic mass is 9.99. The van der Waals surface area contributed by atoms with Crippen LogP contribution in [0.5, 0.6) is 0 Å². The van der Waals surface area contributed by atoms with Gasteiger partial charge in [-0.25, -0.2) is 0 Å². The van der Waals surface area contributed by atoms with Gasteiger partial charge in [-0.3, -0.25) is 0 Å². The van der Waals surface area contributed by atoms with Crippen molar-refractivity contribution in [3.63, 3.8) is 0 Å². The Labute approximate surface area is 603 Å². The van der Waals surface area contributed by atoms with Gasteiger partial charge in [-0.05, 0) is 305 Å². The van der Waals surface area contributed by atoms with Gasteiger partial charge in [0.2, 0.25) is 0 Å². The van der Waals surface area contributed by atoms with Crippen molar-refractivity contribution in [1.82, 2.24) is 0 Å². The maximum atomic E-state index is 6.94. The van der Waals surface area contributed by atoms with Gasteiger partial charge in [0.1, 0.15) is 25.6 Å². The zero-order chi connectivity index (χ0) is 63.3. The summed E-state index contributed by atoms with van der Waals surface area (Å²) in [4.78, 5) is 0. The molecule has 89 heavy (non-hydrogen) atoms. The number of rotatable bonds is 48. The normalized spacial score (nSPS) is 35.7. The summed E-state index contributed by atoms with van der Waals surface area (Å²) in [5.41, 5.74) is 0. The van der Waals surface area contributed by atoms with Crippen LogP contribution in [0.4, 0.5) is 0 Å². The van der Waals surface area contributed by atoms with Gasteiger partial charge in [0, 0.05) is 79.3 Å². The average molecular weight is 1610 g/mol. The van der Waals surface area contributed by atoms with Crippen molar-refractivity contribution in [3.8, 4) is 0 Å². The van der Waals surface area contributed by atoms with Gasteiger partial charge in [-0.2, -0.15) is 0 Å². The molecule has 12 unspecified atom stereocenters. The highest BCUT2D eigenvalue weighted by atomic mass is 33.7. The van der Waals surface area contributed by atoms with Crippen LogP contribution in [-0.4, -0.2) is 140 Å². The minimum absolute atomic E-state index is 0.189. The van der Waals surface area contributed by atoms with E-state index in [4.69, 9.17) is 53.1 Å². The highest BCUT2D eigenvalue weighted by Crippen LogP contribution is 2.80. The smallest absolute Gasteiger partial charge is 0.373 e. The van der Waals surface area contributed by atoms with Crippen LogP contribution in [0.3, 0.4) is 0 Å². The van der Waals surface area contributed by atoms with Crippen LogP contribution in [0.2, 0.25) is 0 Å². The van der Waals surface area contributed by atoms with Crippen molar-refractivity contribution in [2.75, 3.05) is 79.3 Å². The maximum absolute atomic E-state index is 6.94. The Balaban J connectivity index is 1.06. The quantitative estimate of drug-likeness (QED) is 0.0249. The summed E-state index contributed by atoms with van der Waals surface area (Å²) in [5, 5.41) is 0. The minimum atomic E-state index is -3.13. The van der Waals surface area contributed by atoms with E-state index in [0.29, 0.717) is 127 Å². The van der Waals surface area contributed by atoms with Gasteiger partial charge in [-0.1, -0.05) is 112 Å². The van der Waals surface area contributed by atoms with Gasteiger partial charge in [0.05, 0.1) is 0 Å². The lowest BCUT2D eigenvalue weighted by Gasteiger charge is -2.47. The van der Waals surface area contributed by atoms with Gasteiger partial charge in [0.15, 0.2) is 0 Å². The van der Waals surface area contributed by atoms with Crippen molar-refractivity contribution >= 4 is 200 Å². The van der Waals surface area contributed by atoms with E-state index >= 15 is 0 Å². The zero-order valence-corrected chi connectivity index (χ0v) is 72.0. The zero-order valence-electron chi connectivity index (χ0n) is 55.0.